The van der Waals surface area contributed by atoms with Crippen molar-refractivity contribution < 1.29 is 4.79 Å². The van der Waals surface area contributed by atoms with E-state index in [0.717, 1.165) is 5.57 Å². The number of hydrogen-bond donors (Lipinski definition) is 3. The zero-order valence-corrected chi connectivity index (χ0v) is 5.79. The monoisotopic (exact) mass is 141 g/mol. The minimum atomic E-state index is -0.369. The predicted octanol–water partition coefficient (Wildman–Crippen LogP) is -1.12. The number of nitrogens with one attached hydrogen (secondary N) is 1. The van der Waals surface area contributed by atoms with Crippen LogP contribution in [-0.4, -0.2) is 12.1 Å². The average Bonchev–Trinajstić information content (AvgIpc) is 2.11. The standard InChI is InChI=1S/C6H11N3O/c1-3-2-9-5(7)4(3)6(8)10/h2,4-5,9H,7H2,1H3,(H2,8,10). The molecule has 0 radical (unpaired) electrons. The lowest BCUT2D eigenvalue weighted by atomic mass is 10.0. The average molecular weight is 141 g/mol. The summed E-state index contributed by atoms with van der Waals surface area (Å²) in [6, 6.07) is 0. The fraction of sp³-hybridized carbons (Fsp3) is 0.500. The van der Waals surface area contributed by atoms with Gasteiger partial charge in [0.15, 0.2) is 0 Å². The lowest BCUT2D eigenvalue weighted by Gasteiger charge is -2.12. The van der Waals surface area contributed by atoms with Crippen molar-refractivity contribution in [1.29, 1.82) is 0 Å². The van der Waals surface area contributed by atoms with Crippen LogP contribution in [0.3, 0.4) is 0 Å². The van der Waals surface area contributed by atoms with Gasteiger partial charge >= 0.3 is 0 Å². The summed E-state index contributed by atoms with van der Waals surface area (Å²) in [7, 11) is 0. The number of hydrogen-bond acceptors (Lipinski definition) is 3. The highest BCUT2D eigenvalue weighted by Gasteiger charge is 2.28. The highest BCUT2D eigenvalue weighted by atomic mass is 16.1. The van der Waals surface area contributed by atoms with Gasteiger partial charge in [0.2, 0.25) is 5.91 Å². The van der Waals surface area contributed by atoms with E-state index in [2.05, 4.69) is 5.32 Å². The molecule has 56 valence electrons. The maximum atomic E-state index is 10.7. The van der Waals surface area contributed by atoms with E-state index < -0.39 is 0 Å². The van der Waals surface area contributed by atoms with E-state index in [4.69, 9.17) is 11.5 Å². The lowest BCUT2D eigenvalue weighted by molar-refractivity contribution is -0.121. The van der Waals surface area contributed by atoms with Crippen molar-refractivity contribution in [3.05, 3.63) is 11.8 Å². The van der Waals surface area contributed by atoms with Crippen molar-refractivity contribution in [2.45, 2.75) is 13.1 Å². The first-order valence-electron chi connectivity index (χ1n) is 3.10. The molecule has 1 aliphatic heterocycles. The smallest absolute Gasteiger partial charge is 0.228 e. The summed E-state index contributed by atoms with van der Waals surface area (Å²) in [6.45, 7) is 1.83. The van der Waals surface area contributed by atoms with Crippen LogP contribution in [0.1, 0.15) is 6.92 Å². The number of carbonyl (C=O) groups is 1. The summed E-state index contributed by atoms with van der Waals surface area (Å²) in [6.07, 6.45) is 1.39. The highest BCUT2D eigenvalue weighted by molar-refractivity contribution is 5.80. The number of rotatable bonds is 1. The van der Waals surface area contributed by atoms with E-state index in [0.29, 0.717) is 0 Å². The van der Waals surface area contributed by atoms with Crippen molar-refractivity contribution in [2.75, 3.05) is 0 Å². The minimum Gasteiger partial charge on any atom is -0.375 e. The van der Waals surface area contributed by atoms with Gasteiger partial charge in [-0.2, -0.15) is 0 Å². The highest BCUT2D eigenvalue weighted by Crippen LogP contribution is 2.16. The zero-order valence-electron chi connectivity index (χ0n) is 5.79. The Morgan fingerprint density at radius 3 is 2.60 bits per heavy atom. The Labute approximate surface area is 59.3 Å². The van der Waals surface area contributed by atoms with E-state index in [1.807, 2.05) is 6.92 Å². The molecule has 0 aromatic rings. The Morgan fingerprint density at radius 1 is 1.80 bits per heavy atom. The quantitative estimate of drug-likeness (QED) is 0.432. The maximum absolute atomic E-state index is 10.7. The molecule has 10 heavy (non-hydrogen) atoms. The summed E-state index contributed by atoms with van der Waals surface area (Å²) in [5.41, 5.74) is 11.5. The first-order valence-corrected chi connectivity index (χ1v) is 3.10. The third kappa shape index (κ3) is 0.974. The molecule has 0 aliphatic carbocycles. The van der Waals surface area contributed by atoms with Gasteiger partial charge in [0, 0.05) is 0 Å². The van der Waals surface area contributed by atoms with Crippen LogP contribution in [0.25, 0.3) is 0 Å². The van der Waals surface area contributed by atoms with Crippen LogP contribution in [0, 0.1) is 5.92 Å². The first-order chi connectivity index (χ1) is 4.63. The zero-order chi connectivity index (χ0) is 7.72. The number of nitrogens with two attached hydrogens (primary N) is 2. The van der Waals surface area contributed by atoms with Crippen LogP contribution in [0.2, 0.25) is 0 Å². The molecule has 1 aliphatic rings. The third-order valence-corrected chi connectivity index (χ3v) is 1.66. The fourth-order valence-electron chi connectivity index (χ4n) is 1.10. The first kappa shape index (κ1) is 7.08. The molecule has 0 saturated heterocycles. The lowest BCUT2D eigenvalue weighted by Crippen LogP contribution is -2.42. The molecular weight excluding hydrogens is 130 g/mol. The second kappa shape index (κ2) is 2.30. The third-order valence-electron chi connectivity index (χ3n) is 1.66. The van der Waals surface area contributed by atoms with Gasteiger partial charge in [-0.15, -0.1) is 0 Å². The number of carbonyl (C=O) groups excluding carboxylic acids is 1. The van der Waals surface area contributed by atoms with E-state index in [9.17, 15) is 4.79 Å². The normalized spacial score (nSPS) is 31.2. The summed E-state index contributed by atoms with van der Waals surface area (Å²) in [5.74, 6) is -0.703. The molecule has 0 bridgehead atoms. The van der Waals surface area contributed by atoms with Crippen LogP contribution in [0.15, 0.2) is 11.8 Å². The van der Waals surface area contributed by atoms with Gasteiger partial charge in [0.05, 0.1) is 12.1 Å². The molecule has 1 amide bonds. The Kier molecular flexibility index (Phi) is 1.63. The van der Waals surface area contributed by atoms with Gasteiger partial charge < -0.3 is 16.8 Å². The molecule has 5 N–H and O–H groups in total. The largest absolute Gasteiger partial charge is 0.375 e. The van der Waals surface area contributed by atoms with Crippen molar-refractivity contribution in [3.63, 3.8) is 0 Å². The SMILES string of the molecule is CC1=CNC(N)C1C(N)=O. The van der Waals surface area contributed by atoms with Gasteiger partial charge in [-0.1, -0.05) is 0 Å². The van der Waals surface area contributed by atoms with Crippen LogP contribution in [0.5, 0.6) is 0 Å². The topological polar surface area (TPSA) is 81.1 Å². The molecule has 0 saturated carbocycles. The van der Waals surface area contributed by atoms with Gasteiger partial charge in [-0.25, -0.2) is 0 Å². The summed E-state index contributed by atoms with van der Waals surface area (Å²) in [4.78, 5) is 10.7. The van der Waals surface area contributed by atoms with E-state index in [-0.39, 0.29) is 18.0 Å². The minimum absolute atomic E-state index is 0.333. The Morgan fingerprint density at radius 2 is 2.40 bits per heavy atom. The van der Waals surface area contributed by atoms with E-state index in [1.54, 1.807) is 6.20 Å². The van der Waals surface area contributed by atoms with Crippen molar-refractivity contribution in [2.24, 2.45) is 17.4 Å². The molecule has 0 aromatic carbocycles. The fourth-order valence-corrected chi connectivity index (χ4v) is 1.10. The van der Waals surface area contributed by atoms with Crippen molar-refractivity contribution in [3.8, 4) is 0 Å². The maximum Gasteiger partial charge on any atom is 0.228 e. The Bertz CT molecular complexity index is 187. The van der Waals surface area contributed by atoms with Crippen LogP contribution in [-0.2, 0) is 4.79 Å². The molecule has 1 rings (SSSR count). The van der Waals surface area contributed by atoms with Gasteiger partial charge in [-0.05, 0) is 18.7 Å². The summed E-state index contributed by atoms with van der Waals surface area (Å²) < 4.78 is 0. The van der Waals surface area contributed by atoms with Gasteiger partial charge in [0.1, 0.15) is 0 Å². The molecule has 1 heterocycles. The predicted molar refractivity (Wildman–Crippen MR) is 37.6 cm³/mol. The van der Waals surface area contributed by atoms with E-state index in [1.165, 1.54) is 0 Å². The molecule has 0 fully saturated rings. The Balaban J connectivity index is 2.74. The summed E-state index contributed by atoms with van der Waals surface area (Å²) >= 11 is 0. The molecule has 2 unspecified atom stereocenters. The molecule has 4 heteroatoms. The molecule has 4 nitrogen and oxygen atoms in total. The second-order valence-corrected chi connectivity index (χ2v) is 2.46. The molecule has 0 spiro atoms. The van der Waals surface area contributed by atoms with Crippen molar-refractivity contribution in [1.82, 2.24) is 5.32 Å². The van der Waals surface area contributed by atoms with E-state index >= 15 is 0 Å². The molecule has 2 atom stereocenters. The second-order valence-electron chi connectivity index (χ2n) is 2.46. The molecular formula is C6H11N3O. The molecule has 0 aromatic heterocycles. The number of amides is 1. The number of primary amides is 1. The van der Waals surface area contributed by atoms with Crippen LogP contribution >= 0.6 is 0 Å². The Hall–Kier alpha value is -1.03. The van der Waals surface area contributed by atoms with Crippen LogP contribution in [0.4, 0.5) is 0 Å². The van der Waals surface area contributed by atoms with Gasteiger partial charge in [-0.3, -0.25) is 4.79 Å². The van der Waals surface area contributed by atoms with Crippen molar-refractivity contribution >= 4 is 5.91 Å². The van der Waals surface area contributed by atoms with Crippen LogP contribution < -0.4 is 16.8 Å². The summed E-state index contributed by atoms with van der Waals surface area (Å²) in [5, 5.41) is 2.82. The van der Waals surface area contributed by atoms with Gasteiger partial charge in [0.25, 0.3) is 0 Å².